The first kappa shape index (κ1) is 13.6. The molecule has 0 saturated heterocycles. The molecule has 0 aromatic heterocycles. The summed E-state index contributed by atoms with van der Waals surface area (Å²) in [6.45, 7) is 8.49. The van der Waals surface area contributed by atoms with Gasteiger partial charge in [0.05, 0.1) is 12.1 Å². The molecule has 0 saturated carbocycles. The summed E-state index contributed by atoms with van der Waals surface area (Å²) in [4.78, 5) is 0. The van der Waals surface area contributed by atoms with Crippen molar-refractivity contribution in [3.05, 3.63) is 35.4 Å². The van der Waals surface area contributed by atoms with Crippen LogP contribution in [0.3, 0.4) is 0 Å². The van der Waals surface area contributed by atoms with E-state index in [-0.39, 0.29) is 0 Å². The number of likely N-dealkylation sites (N-methyl/N-ethyl adjacent to an activating group) is 1. The topological polar surface area (TPSA) is 21.3 Å². The van der Waals surface area contributed by atoms with Crippen LogP contribution < -0.4 is 5.32 Å². The summed E-state index contributed by atoms with van der Waals surface area (Å²) >= 11 is 0. The molecule has 1 aliphatic carbocycles. The van der Waals surface area contributed by atoms with Gasteiger partial charge in [-0.15, -0.1) is 0 Å². The van der Waals surface area contributed by atoms with Gasteiger partial charge in [0.2, 0.25) is 0 Å². The molecule has 0 aliphatic heterocycles. The average Bonchev–Trinajstić information content (AvgIpc) is 2.40. The van der Waals surface area contributed by atoms with Gasteiger partial charge < -0.3 is 10.1 Å². The Labute approximate surface area is 111 Å². The fraction of sp³-hybridized carbons (Fsp3) is 0.625. The molecule has 3 atom stereocenters. The zero-order chi connectivity index (χ0) is 13.0. The number of nitrogens with one attached hydrogen (secondary N) is 1. The van der Waals surface area contributed by atoms with Crippen LogP contribution in [0, 0.1) is 0 Å². The van der Waals surface area contributed by atoms with Crippen LogP contribution in [0.15, 0.2) is 24.3 Å². The average molecular weight is 247 g/mol. The van der Waals surface area contributed by atoms with E-state index in [1.54, 1.807) is 0 Å². The Morgan fingerprint density at radius 3 is 2.61 bits per heavy atom. The third-order valence-electron chi connectivity index (χ3n) is 3.78. The maximum atomic E-state index is 6.06. The van der Waals surface area contributed by atoms with Gasteiger partial charge in [0.1, 0.15) is 0 Å². The van der Waals surface area contributed by atoms with E-state index >= 15 is 0 Å². The lowest BCUT2D eigenvalue weighted by atomic mass is 9.79. The Hall–Kier alpha value is -0.860. The van der Waals surface area contributed by atoms with Crippen LogP contribution in [0.5, 0.6) is 0 Å². The van der Waals surface area contributed by atoms with Crippen molar-refractivity contribution in [3.63, 3.8) is 0 Å². The predicted octanol–water partition coefficient (Wildman–Crippen LogP) is 3.64. The van der Waals surface area contributed by atoms with E-state index < -0.39 is 0 Å². The molecule has 0 amide bonds. The molecule has 1 N–H and O–H groups in total. The van der Waals surface area contributed by atoms with E-state index in [0.29, 0.717) is 18.1 Å². The third-order valence-corrected chi connectivity index (χ3v) is 3.78. The summed E-state index contributed by atoms with van der Waals surface area (Å²) in [5.41, 5.74) is 2.92. The van der Waals surface area contributed by atoms with Crippen LogP contribution >= 0.6 is 0 Å². The summed E-state index contributed by atoms with van der Waals surface area (Å²) in [6.07, 6.45) is 2.52. The summed E-state index contributed by atoms with van der Waals surface area (Å²) in [6, 6.07) is 9.15. The van der Waals surface area contributed by atoms with Crippen molar-refractivity contribution in [2.24, 2.45) is 0 Å². The van der Waals surface area contributed by atoms with Crippen molar-refractivity contribution in [3.8, 4) is 0 Å². The molecule has 0 spiro atoms. The molecule has 0 fully saturated rings. The highest BCUT2D eigenvalue weighted by Crippen LogP contribution is 2.38. The minimum absolute atomic E-state index is 0.315. The van der Waals surface area contributed by atoms with Crippen molar-refractivity contribution >= 4 is 0 Å². The number of hydrogen-bond donors (Lipinski definition) is 1. The molecule has 1 aliphatic rings. The van der Waals surface area contributed by atoms with Crippen molar-refractivity contribution in [1.82, 2.24) is 5.32 Å². The lowest BCUT2D eigenvalue weighted by Crippen LogP contribution is -2.38. The first-order chi connectivity index (χ1) is 8.77. The first-order valence-corrected chi connectivity index (χ1v) is 7.21. The monoisotopic (exact) mass is 247 g/mol. The quantitative estimate of drug-likeness (QED) is 0.857. The molecule has 2 heteroatoms. The first-order valence-electron chi connectivity index (χ1n) is 7.21. The summed E-state index contributed by atoms with van der Waals surface area (Å²) in [5.74, 6) is 0.595. The molecule has 18 heavy (non-hydrogen) atoms. The van der Waals surface area contributed by atoms with Gasteiger partial charge in [-0.2, -0.15) is 0 Å². The molecule has 1 aromatic carbocycles. The summed E-state index contributed by atoms with van der Waals surface area (Å²) in [7, 11) is 0. The molecule has 2 nitrogen and oxygen atoms in total. The van der Waals surface area contributed by atoms with Crippen molar-refractivity contribution < 1.29 is 4.74 Å². The Kier molecular flexibility index (Phi) is 4.79. The van der Waals surface area contributed by atoms with Gasteiger partial charge in [-0.05, 0) is 36.4 Å². The SMILES string of the molecule is CCCOC1CC(C)c2ccccc2C1NCC. The number of rotatable bonds is 5. The summed E-state index contributed by atoms with van der Waals surface area (Å²) < 4.78 is 6.06. The molecule has 0 heterocycles. The second-order valence-corrected chi connectivity index (χ2v) is 5.21. The number of fused-ring (bicyclic) bond motifs is 1. The number of ether oxygens (including phenoxy) is 1. The Bertz CT molecular complexity index is 377. The fourth-order valence-electron chi connectivity index (χ4n) is 2.95. The van der Waals surface area contributed by atoms with Crippen molar-refractivity contribution in [2.75, 3.05) is 13.2 Å². The smallest absolute Gasteiger partial charge is 0.0775 e. The van der Waals surface area contributed by atoms with Crippen LogP contribution in [0.2, 0.25) is 0 Å². The predicted molar refractivity (Wildman–Crippen MR) is 75.9 cm³/mol. The van der Waals surface area contributed by atoms with Gasteiger partial charge in [0, 0.05) is 6.61 Å². The summed E-state index contributed by atoms with van der Waals surface area (Å²) in [5, 5.41) is 3.60. The van der Waals surface area contributed by atoms with Gasteiger partial charge in [-0.1, -0.05) is 45.0 Å². The highest BCUT2D eigenvalue weighted by atomic mass is 16.5. The normalized spacial score (nSPS) is 26.9. The molecule has 0 radical (unpaired) electrons. The van der Waals surface area contributed by atoms with Crippen molar-refractivity contribution in [1.29, 1.82) is 0 Å². The van der Waals surface area contributed by atoms with Crippen LogP contribution in [-0.4, -0.2) is 19.3 Å². The molecular formula is C16H25NO. The Morgan fingerprint density at radius 1 is 1.22 bits per heavy atom. The van der Waals surface area contributed by atoms with Gasteiger partial charge in [-0.3, -0.25) is 0 Å². The van der Waals surface area contributed by atoms with Crippen LogP contribution in [0.25, 0.3) is 0 Å². The van der Waals surface area contributed by atoms with Crippen molar-refractivity contribution in [2.45, 2.75) is 51.7 Å². The lowest BCUT2D eigenvalue weighted by Gasteiger charge is -2.37. The number of benzene rings is 1. The molecule has 2 rings (SSSR count). The second-order valence-electron chi connectivity index (χ2n) is 5.21. The van der Waals surface area contributed by atoms with Gasteiger partial charge in [-0.25, -0.2) is 0 Å². The maximum Gasteiger partial charge on any atom is 0.0775 e. The van der Waals surface area contributed by atoms with Gasteiger partial charge in [0.25, 0.3) is 0 Å². The minimum Gasteiger partial charge on any atom is -0.376 e. The second kappa shape index (κ2) is 6.35. The van der Waals surface area contributed by atoms with E-state index in [9.17, 15) is 0 Å². The van der Waals surface area contributed by atoms with Crippen LogP contribution in [-0.2, 0) is 4.74 Å². The fourth-order valence-corrected chi connectivity index (χ4v) is 2.95. The molecule has 0 bridgehead atoms. The van der Waals surface area contributed by atoms with E-state index in [4.69, 9.17) is 4.74 Å². The van der Waals surface area contributed by atoms with E-state index in [2.05, 4.69) is 50.4 Å². The third kappa shape index (κ3) is 2.76. The molecule has 1 aromatic rings. The standard InChI is InChI=1S/C16H25NO/c1-4-10-18-15-11-12(3)13-8-6-7-9-14(13)16(15)17-5-2/h6-9,12,15-17H,4-5,10-11H2,1-3H3. The highest BCUT2D eigenvalue weighted by Gasteiger charge is 2.32. The lowest BCUT2D eigenvalue weighted by molar-refractivity contribution is 0.0115. The van der Waals surface area contributed by atoms with Gasteiger partial charge in [0.15, 0.2) is 0 Å². The number of hydrogen-bond acceptors (Lipinski definition) is 2. The highest BCUT2D eigenvalue weighted by molar-refractivity contribution is 5.36. The Morgan fingerprint density at radius 2 is 1.94 bits per heavy atom. The zero-order valence-electron chi connectivity index (χ0n) is 11.8. The minimum atomic E-state index is 0.315. The van der Waals surface area contributed by atoms with Crippen LogP contribution in [0.1, 0.15) is 56.7 Å². The maximum absolute atomic E-state index is 6.06. The molecule has 3 unspecified atom stereocenters. The van der Waals surface area contributed by atoms with E-state index in [1.807, 2.05) is 0 Å². The van der Waals surface area contributed by atoms with E-state index in [1.165, 1.54) is 11.1 Å². The molecular weight excluding hydrogens is 222 g/mol. The Balaban J connectivity index is 2.25. The van der Waals surface area contributed by atoms with Gasteiger partial charge >= 0.3 is 0 Å². The van der Waals surface area contributed by atoms with E-state index in [0.717, 1.165) is 26.0 Å². The van der Waals surface area contributed by atoms with Crippen LogP contribution in [0.4, 0.5) is 0 Å². The zero-order valence-corrected chi connectivity index (χ0v) is 11.8. The molecule has 100 valence electrons. The largest absolute Gasteiger partial charge is 0.376 e.